The molecule has 0 spiro atoms. The van der Waals surface area contributed by atoms with Crippen LogP contribution in [0.25, 0.3) is 0 Å². The van der Waals surface area contributed by atoms with E-state index < -0.39 is 6.10 Å². The van der Waals surface area contributed by atoms with E-state index in [0.717, 1.165) is 12.8 Å². The molecule has 198 valence electrons. The van der Waals surface area contributed by atoms with E-state index >= 15 is 0 Å². The van der Waals surface area contributed by atoms with Gasteiger partial charge in [-0.15, -0.1) is 0 Å². The van der Waals surface area contributed by atoms with E-state index in [1.165, 1.54) is 46.0 Å². The van der Waals surface area contributed by atoms with Gasteiger partial charge in [-0.2, -0.15) is 0 Å². The van der Waals surface area contributed by atoms with Crippen molar-refractivity contribution >= 4 is 17.7 Å². The fraction of sp³-hybridized carbons (Fsp3) is 0.900. The number of ketones is 1. The summed E-state index contributed by atoms with van der Waals surface area (Å²) >= 11 is 0. The highest BCUT2D eigenvalue weighted by molar-refractivity contribution is 5.79. The monoisotopic (exact) mass is 488 g/mol. The minimum atomic E-state index is -0.394. The van der Waals surface area contributed by atoms with Gasteiger partial charge in [0.25, 0.3) is 0 Å². The van der Waals surface area contributed by atoms with Crippen LogP contribution in [0.15, 0.2) is 0 Å². The van der Waals surface area contributed by atoms with Crippen LogP contribution in [0.1, 0.15) is 113 Å². The zero-order valence-corrected chi connectivity index (χ0v) is 23.4. The number of carbonyl (C=O) groups is 3. The molecule has 0 aromatic carbocycles. The van der Waals surface area contributed by atoms with Gasteiger partial charge >= 0.3 is 11.9 Å². The maximum atomic E-state index is 12.7. The van der Waals surface area contributed by atoms with Crippen LogP contribution < -0.4 is 0 Å². The van der Waals surface area contributed by atoms with Crippen LogP contribution in [0.2, 0.25) is 0 Å². The predicted octanol–water partition coefficient (Wildman–Crippen LogP) is 6.51. The Morgan fingerprint density at radius 3 is 1.94 bits per heavy atom. The van der Waals surface area contributed by atoms with Crippen LogP contribution in [-0.2, 0) is 23.9 Å². The molecule has 0 aromatic heterocycles. The van der Waals surface area contributed by atoms with Crippen molar-refractivity contribution in [2.45, 2.75) is 125 Å². The second-order valence-corrected chi connectivity index (χ2v) is 13.7. The minimum Gasteiger partial charge on any atom is -0.462 e. The van der Waals surface area contributed by atoms with Gasteiger partial charge in [0.2, 0.25) is 0 Å². The zero-order valence-electron chi connectivity index (χ0n) is 23.4. The number of hydrogen-bond donors (Lipinski definition) is 0. The first kappa shape index (κ1) is 26.7. The summed E-state index contributed by atoms with van der Waals surface area (Å²) in [7, 11) is 0. The normalized spacial score (nSPS) is 49.1. The fourth-order valence-electron chi connectivity index (χ4n) is 10.3. The summed E-state index contributed by atoms with van der Waals surface area (Å²) in [6, 6.07) is 0. The van der Waals surface area contributed by atoms with Crippen molar-refractivity contribution in [2.75, 3.05) is 0 Å². The van der Waals surface area contributed by atoms with Gasteiger partial charge in [0.05, 0.1) is 5.92 Å². The largest absolute Gasteiger partial charge is 0.462 e. The molecular formula is C30H48O5. The van der Waals surface area contributed by atoms with Gasteiger partial charge in [-0.25, -0.2) is 0 Å². The number of Topliss-reactive ketones (excluding diaryl/α,β-unsaturated/α-hetero) is 1. The van der Waals surface area contributed by atoms with Crippen LogP contribution in [-0.4, -0.2) is 29.9 Å². The van der Waals surface area contributed by atoms with E-state index in [4.69, 9.17) is 9.47 Å². The molecule has 0 bridgehead atoms. The third-order valence-corrected chi connectivity index (χ3v) is 12.0. The van der Waals surface area contributed by atoms with Gasteiger partial charge in [-0.1, -0.05) is 47.5 Å². The zero-order chi connectivity index (χ0) is 26.0. The second kappa shape index (κ2) is 8.87. The summed E-state index contributed by atoms with van der Waals surface area (Å²) in [5.41, 5.74) is 0.307. The van der Waals surface area contributed by atoms with Gasteiger partial charge in [0.15, 0.2) is 0 Å². The van der Waals surface area contributed by atoms with Crippen LogP contribution in [0.4, 0.5) is 0 Å². The first-order valence-electron chi connectivity index (χ1n) is 14.1. The molecule has 0 aliphatic heterocycles. The average molecular weight is 489 g/mol. The molecule has 0 aromatic rings. The van der Waals surface area contributed by atoms with Crippen LogP contribution >= 0.6 is 0 Å². The van der Waals surface area contributed by atoms with Crippen molar-refractivity contribution in [1.82, 2.24) is 0 Å². The van der Waals surface area contributed by atoms with Crippen molar-refractivity contribution in [3.63, 3.8) is 0 Å². The molecule has 35 heavy (non-hydrogen) atoms. The molecule has 0 saturated heterocycles. The maximum absolute atomic E-state index is 12.7. The summed E-state index contributed by atoms with van der Waals surface area (Å²) in [6.07, 6.45) is 8.93. The number of esters is 2. The molecule has 10 atom stereocenters. The van der Waals surface area contributed by atoms with Crippen molar-refractivity contribution in [2.24, 2.45) is 45.3 Å². The fourth-order valence-corrected chi connectivity index (χ4v) is 10.3. The number of rotatable bonds is 4. The standard InChI is InChI=1S/C30H48O5/c1-9-27(5)12-10-13-28(6)23(27)11-14-29(7)24-15-22(34-19(3)32)21(18(2)31)17-30(24,8)26(16-25(28)29)35-20(4)33/h21-26H,9-17H2,1-8H3. The van der Waals surface area contributed by atoms with E-state index in [2.05, 4.69) is 34.6 Å². The van der Waals surface area contributed by atoms with Crippen molar-refractivity contribution in [1.29, 1.82) is 0 Å². The third kappa shape index (κ3) is 4.07. The summed E-state index contributed by atoms with van der Waals surface area (Å²) in [5, 5.41) is 0. The Balaban J connectivity index is 1.80. The molecule has 4 saturated carbocycles. The van der Waals surface area contributed by atoms with E-state index in [1.807, 2.05) is 0 Å². The van der Waals surface area contributed by atoms with E-state index in [1.54, 1.807) is 6.92 Å². The Hall–Kier alpha value is -1.39. The highest BCUT2D eigenvalue weighted by Gasteiger charge is 2.69. The Morgan fingerprint density at radius 2 is 1.37 bits per heavy atom. The Morgan fingerprint density at radius 1 is 0.771 bits per heavy atom. The maximum Gasteiger partial charge on any atom is 0.302 e. The number of carbonyl (C=O) groups excluding carboxylic acids is 3. The van der Waals surface area contributed by atoms with Crippen molar-refractivity contribution < 1.29 is 23.9 Å². The van der Waals surface area contributed by atoms with Crippen molar-refractivity contribution in [3.05, 3.63) is 0 Å². The average Bonchev–Trinajstić information content (AvgIpc) is 2.75. The smallest absolute Gasteiger partial charge is 0.302 e. The lowest BCUT2D eigenvalue weighted by molar-refractivity contribution is -0.252. The van der Waals surface area contributed by atoms with Gasteiger partial charge in [0.1, 0.15) is 18.0 Å². The number of fused-ring (bicyclic) bond motifs is 5. The highest BCUT2D eigenvalue weighted by atomic mass is 16.5. The Kier molecular flexibility index (Phi) is 6.76. The molecule has 4 aliphatic carbocycles. The first-order chi connectivity index (χ1) is 16.2. The highest BCUT2D eigenvalue weighted by Crippen LogP contribution is 2.73. The lowest BCUT2D eigenvalue weighted by Crippen LogP contribution is -2.67. The molecule has 4 aliphatic rings. The number of ether oxygens (including phenoxy) is 2. The molecule has 4 rings (SSSR count). The molecule has 0 heterocycles. The molecule has 10 unspecified atom stereocenters. The molecular weight excluding hydrogens is 440 g/mol. The minimum absolute atomic E-state index is 0.0583. The van der Waals surface area contributed by atoms with Gasteiger partial charge in [0, 0.05) is 19.3 Å². The van der Waals surface area contributed by atoms with Crippen LogP contribution in [0.5, 0.6) is 0 Å². The summed E-state index contributed by atoms with van der Waals surface area (Å²) < 4.78 is 12.0. The molecule has 5 heteroatoms. The summed E-state index contributed by atoms with van der Waals surface area (Å²) in [5.74, 6) is 0.502. The van der Waals surface area contributed by atoms with Gasteiger partial charge < -0.3 is 9.47 Å². The lowest BCUT2D eigenvalue weighted by atomic mass is 9.34. The second-order valence-electron chi connectivity index (χ2n) is 13.7. The lowest BCUT2D eigenvalue weighted by Gasteiger charge is -2.71. The molecule has 0 radical (unpaired) electrons. The number of hydrogen-bond acceptors (Lipinski definition) is 5. The van der Waals surface area contributed by atoms with Gasteiger partial charge in [-0.3, -0.25) is 14.4 Å². The first-order valence-corrected chi connectivity index (χ1v) is 14.1. The van der Waals surface area contributed by atoms with Gasteiger partial charge in [-0.05, 0) is 85.9 Å². The van der Waals surface area contributed by atoms with E-state index in [9.17, 15) is 14.4 Å². The third-order valence-electron chi connectivity index (χ3n) is 12.0. The molecule has 0 amide bonds. The Bertz CT molecular complexity index is 882. The summed E-state index contributed by atoms with van der Waals surface area (Å²) in [6.45, 7) is 16.7. The predicted molar refractivity (Wildman–Crippen MR) is 135 cm³/mol. The van der Waals surface area contributed by atoms with E-state index in [0.29, 0.717) is 30.1 Å². The van der Waals surface area contributed by atoms with Crippen LogP contribution in [0.3, 0.4) is 0 Å². The SMILES string of the molecule is CCC1(C)CCCC2(C)C1CCC1(C)C3CC(OC(C)=O)C(C(C)=O)CC3(C)C(OC(C)=O)CC21. The quantitative estimate of drug-likeness (QED) is 0.422. The van der Waals surface area contributed by atoms with Crippen LogP contribution in [0, 0.1) is 45.3 Å². The van der Waals surface area contributed by atoms with Crippen molar-refractivity contribution in [3.8, 4) is 0 Å². The summed E-state index contributed by atoms with van der Waals surface area (Å²) in [4.78, 5) is 37.1. The van der Waals surface area contributed by atoms with E-state index in [-0.39, 0.29) is 51.9 Å². The molecule has 0 N–H and O–H groups in total. The molecule has 5 nitrogen and oxygen atoms in total. The topological polar surface area (TPSA) is 69.7 Å². The molecule has 4 fully saturated rings. The Labute approximate surface area is 212 Å².